The van der Waals surface area contributed by atoms with Crippen molar-refractivity contribution in [1.29, 1.82) is 0 Å². The molecule has 0 aliphatic rings. The van der Waals surface area contributed by atoms with E-state index in [9.17, 15) is 4.79 Å². The van der Waals surface area contributed by atoms with E-state index in [-0.39, 0.29) is 11.4 Å². The molecule has 1 aromatic heterocycles. The molecule has 0 bridgehead atoms. The molecule has 0 saturated carbocycles. The van der Waals surface area contributed by atoms with Crippen LogP contribution in [0.5, 0.6) is 5.88 Å². The normalized spacial score (nSPS) is 10.4. The first-order valence-electron chi connectivity index (χ1n) is 6.36. The molecule has 22 heavy (non-hydrogen) atoms. The van der Waals surface area contributed by atoms with Crippen LogP contribution < -0.4 is 10.1 Å². The number of carbonyl (C=O) groups excluding carboxylic acids is 1. The van der Waals surface area contributed by atoms with Gasteiger partial charge < -0.3 is 10.1 Å². The largest absolute Gasteiger partial charge is 0.477 e. The number of halogens is 2. The van der Waals surface area contributed by atoms with Gasteiger partial charge in [0, 0.05) is 6.20 Å². The molecule has 8 heteroatoms. The predicted molar refractivity (Wildman–Crippen MR) is 89.4 cm³/mol. The molecular weight excluding hydrogens is 345 g/mol. The maximum absolute atomic E-state index is 12.4. The van der Waals surface area contributed by atoms with Crippen molar-refractivity contribution in [2.45, 2.75) is 12.1 Å². The first-order chi connectivity index (χ1) is 10.6. The molecule has 2 aromatic rings. The average Bonchev–Trinajstić information content (AvgIpc) is 2.51. The summed E-state index contributed by atoms with van der Waals surface area (Å²) >= 11 is 13.5. The van der Waals surface area contributed by atoms with Crippen LogP contribution in [-0.2, 0) is 0 Å². The minimum absolute atomic E-state index is 0.218. The van der Waals surface area contributed by atoms with Crippen LogP contribution in [-0.4, -0.2) is 28.7 Å². The highest BCUT2D eigenvalue weighted by Gasteiger charge is 2.18. The van der Waals surface area contributed by atoms with Gasteiger partial charge in [-0.15, -0.1) is 0 Å². The number of nitrogens with zero attached hydrogens (tertiary/aromatic N) is 2. The van der Waals surface area contributed by atoms with E-state index < -0.39 is 5.91 Å². The second-order valence-corrected chi connectivity index (χ2v) is 5.65. The number of benzene rings is 1. The monoisotopic (exact) mass is 357 g/mol. The number of rotatable bonds is 5. The number of hydrogen-bond acceptors (Lipinski definition) is 5. The average molecular weight is 358 g/mol. The van der Waals surface area contributed by atoms with Crippen molar-refractivity contribution in [1.82, 2.24) is 9.97 Å². The highest BCUT2D eigenvalue weighted by molar-refractivity contribution is 7.98. The molecule has 1 amide bonds. The van der Waals surface area contributed by atoms with Crippen molar-refractivity contribution in [2.24, 2.45) is 0 Å². The van der Waals surface area contributed by atoms with Crippen molar-refractivity contribution in [3.05, 3.63) is 40.0 Å². The third-order valence-electron chi connectivity index (χ3n) is 2.64. The lowest BCUT2D eigenvalue weighted by Gasteiger charge is -2.12. The summed E-state index contributed by atoms with van der Waals surface area (Å²) in [6.07, 6.45) is 3.26. The van der Waals surface area contributed by atoms with Gasteiger partial charge in [0.25, 0.3) is 5.91 Å². The molecule has 116 valence electrons. The first kappa shape index (κ1) is 16.9. The number of para-hydroxylation sites is 1. The minimum Gasteiger partial charge on any atom is -0.477 e. The molecule has 2 rings (SSSR count). The molecule has 0 radical (unpaired) electrons. The summed E-state index contributed by atoms with van der Waals surface area (Å²) in [6.45, 7) is 2.20. The third-order valence-corrected chi connectivity index (χ3v) is 3.83. The summed E-state index contributed by atoms with van der Waals surface area (Å²) in [6, 6.07) is 4.97. The third kappa shape index (κ3) is 3.82. The molecule has 0 aliphatic carbocycles. The van der Waals surface area contributed by atoms with Gasteiger partial charge in [-0.3, -0.25) is 4.79 Å². The number of ether oxygens (including phenoxy) is 1. The van der Waals surface area contributed by atoms with Gasteiger partial charge in [-0.2, -0.15) is 4.98 Å². The van der Waals surface area contributed by atoms with Crippen LogP contribution in [0, 0.1) is 0 Å². The van der Waals surface area contributed by atoms with Gasteiger partial charge in [0.05, 0.1) is 22.3 Å². The molecule has 0 saturated heterocycles. The Morgan fingerprint density at radius 3 is 2.64 bits per heavy atom. The van der Waals surface area contributed by atoms with Crippen molar-refractivity contribution < 1.29 is 9.53 Å². The predicted octanol–water partition coefficient (Wildman–Crippen LogP) is 4.16. The van der Waals surface area contributed by atoms with Crippen LogP contribution in [0.15, 0.2) is 29.6 Å². The molecule has 0 unspecified atom stereocenters. The second kappa shape index (κ2) is 7.67. The van der Waals surface area contributed by atoms with E-state index in [1.54, 1.807) is 18.2 Å². The lowest BCUT2D eigenvalue weighted by Crippen LogP contribution is -2.16. The Balaban J connectivity index is 2.33. The van der Waals surface area contributed by atoms with Crippen LogP contribution in [0.2, 0.25) is 10.0 Å². The van der Waals surface area contributed by atoms with Gasteiger partial charge in [0.2, 0.25) is 5.88 Å². The van der Waals surface area contributed by atoms with Gasteiger partial charge >= 0.3 is 0 Å². The number of hydrogen-bond donors (Lipinski definition) is 1. The van der Waals surface area contributed by atoms with Gasteiger partial charge in [-0.1, -0.05) is 41.0 Å². The Morgan fingerprint density at radius 1 is 1.36 bits per heavy atom. The highest BCUT2D eigenvalue weighted by atomic mass is 35.5. The lowest BCUT2D eigenvalue weighted by molar-refractivity contribution is 0.102. The fraction of sp³-hybridized carbons (Fsp3) is 0.214. The Bertz CT molecular complexity index is 678. The van der Waals surface area contributed by atoms with E-state index in [1.165, 1.54) is 18.0 Å². The maximum Gasteiger partial charge on any atom is 0.262 e. The molecule has 1 N–H and O–H groups in total. The van der Waals surface area contributed by atoms with Gasteiger partial charge in [-0.05, 0) is 25.3 Å². The minimum atomic E-state index is -0.439. The SMILES string of the molecule is CCOc1nc(SC)ncc1C(=O)Nc1c(Cl)cccc1Cl. The molecule has 0 atom stereocenters. The Labute approximate surface area is 142 Å². The summed E-state index contributed by atoms with van der Waals surface area (Å²) in [5.74, 6) is -0.214. The van der Waals surface area contributed by atoms with Crippen LogP contribution >= 0.6 is 35.0 Å². The molecule has 0 aliphatic heterocycles. The molecule has 1 heterocycles. The molecular formula is C14H13Cl2N3O2S. The van der Waals surface area contributed by atoms with E-state index in [0.29, 0.717) is 27.5 Å². The zero-order chi connectivity index (χ0) is 16.1. The number of aromatic nitrogens is 2. The van der Waals surface area contributed by atoms with Crippen molar-refractivity contribution in [2.75, 3.05) is 18.2 Å². The molecule has 5 nitrogen and oxygen atoms in total. The van der Waals surface area contributed by atoms with Crippen LogP contribution in [0.4, 0.5) is 5.69 Å². The Kier molecular flexibility index (Phi) is 5.88. The number of carbonyl (C=O) groups is 1. The summed E-state index contributed by atoms with van der Waals surface area (Å²) < 4.78 is 5.41. The summed E-state index contributed by atoms with van der Waals surface area (Å²) in [5.41, 5.74) is 0.558. The van der Waals surface area contributed by atoms with E-state index in [4.69, 9.17) is 27.9 Å². The highest BCUT2D eigenvalue weighted by Crippen LogP contribution is 2.31. The maximum atomic E-state index is 12.4. The van der Waals surface area contributed by atoms with Crippen LogP contribution in [0.25, 0.3) is 0 Å². The number of amides is 1. The van der Waals surface area contributed by atoms with Crippen LogP contribution in [0.1, 0.15) is 17.3 Å². The van der Waals surface area contributed by atoms with Crippen molar-refractivity contribution in [3.8, 4) is 5.88 Å². The van der Waals surface area contributed by atoms with Crippen molar-refractivity contribution >= 4 is 46.6 Å². The summed E-state index contributed by atoms with van der Waals surface area (Å²) in [7, 11) is 0. The van der Waals surface area contributed by atoms with E-state index in [2.05, 4.69) is 15.3 Å². The summed E-state index contributed by atoms with van der Waals surface area (Å²) in [5, 5.41) is 3.88. The molecule has 1 aromatic carbocycles. The van der Waals surface area contributed by atoms with E-state index >= 15 is 0 Å². The number of thioether (sulfide) groups is 1. The number of nitrogens with one attached hydrogen (secondary N) is 1. The molecule has 0 fully saturated rings. The first-order valence-corrected chi connectivity index (χ1v) is 8.34. The Hall–Kier alpha value is -1.50. The molecule has 0 spiro atoms. The standard InChI is InChI=1S/C14H13Cl2N3O2S/c1-3-21-13-8(7-17-14(19-13)22-2)12(20)18-11-9(15)5-4-6-10(11)16/h4-7H,3H2,1-2H3,(H,18,20). The topological polar surface area (TPSA) is 64.1 Å². The second-order valence-electron chi connectivity index (χ2n) is 4.06. The lowest BCUT2D eigenvalue weighted by atomic mass is 10.2. The zero-order valence-corrected chi connectivity index (χ0v) is 14.2. The quantitative estimate of drug-likeness (QED) is 0.642. The fourth-order valence-corrected chi connectivity index (χ4v) is 2.47. The smallest absolute Gasteiger partial charge is 0.262 e. The van der Waals surface area contributed by atoms with E-state index in [0.717, 1.165) is 0 Å². The fourth-order valence-electron chi connectivity index (χ4n) is 1.65. The van der Waals surface area contributed by atoms with E-state index in [1.807, 2.05) is 13.2 Å². The van der Waals surface area contributed by atoms with Crippen molar-refractivity contribution in [3.63, 3.8) is 0 Å². The zero-order valence-electron chi connectivity index (χ0n) is 11.9. The van der Waals surface area contributed by atoms with Gasteiger partial charge in [-0.25, -0.2) is 4.98 Å². The van der Waals surface area contributed by atoms with Crippen LogP contribution in [0.3, 0.4) is 0 Å². The van der Waals surface area contributed by atoms with Gasteiger partial charge in [0.1, 0.15) is 5.56 Å². The Morgan fingerprint density at radius 2 is 2.05 bits per heavy atom. The summed E-state index contributed by atoms with van der Waals surface area (Å²) in [4.78, 5) is 20.7. The number of anilines is 1. The van der Waals surface area contributed by atoms with Gasteiger partial charge in [0.15, 0.2) is 5.16 Å².